The molecule has 2 N–H and O–H groups in total. The average molecular weight is 160 g/mol. The molecule has 0 fully saturated rings. The van der Waals surface area contributed by atoms with Crippen LogP contribution in [-0.4, -0.2) is 6.72 Å². The molecule has 0 aliphatic rings. The van der Waals surface area contributed by atoms with E-state index in [2.05, 4.69) is 11.7 Å². The van der Waals surface area contributed by atoms with Gasteiger partial charge in [-0.15, -0.1) is 0 Å². The van der Waals surface area contributed by atoms with Gasteiger partial charge in [-0.3, -0.25) is 4.99 Å². The molecular weight excluding hydrogens is 148 g/mol. The summed E-state index contributed by atoms with van der Waals surface area (Å²) in [5.41, 5.74) is 8.23. The lowest BCUT2D eigenvalue weighted by Gasteiger charge is -2.00. The summed E-state index contributed by atoms with van der Waals surface area (Å²) < 4.78 is 0. The van der Waals surface area contributed by atoms with Gasteiger partial charge in [0.05, 0.1) is 5.69 Å². The van der Waals surface area contributed by atoms with Gasteiger partial charge >= 0.3 is 0 Å². The van der Waals surface area contributed by atoms with E-state index in [1.807, 2.05) is 37.3 Å². The van der Waals surface area contributed by atoms with E-state index in [-0.39, 0.29) is 0 Å². The summed E-state index contributed by atoms with van der Waals surface area (Å²) in [4.78, 5) is 3.87. The Morgan fingerprint density at radius 1 is 1.50 bits per heavy atom. The molecular formula is C10H12N2. The summed E-state index contributed by atoms with van der Waals surface area (Å²) in [6.07, 6.45) is 3.91. The summed E-state index contributed by atoms with van der Waals surface area (Å²) in [6.45, 7) is 5.43. The first-order valence-corrected chi connectivity index (χ1v) is 3.77. The van der Waals surface area contributed by atoms with Gasteiger partial charge in [0.25, 0.3) is 0 Å². The van der Waals surface area contributed by atoms with Gasteiger partial charge < -0.3 is 5.73 Å². The van der Waals surface area contributed by atoms with Crippen LogP contribution < -0.4 is 5.73 Å². The first-order chi connectivity index (χ1) is 5.77. The Morgan fingerprint density at radius 3 is 2.83 bits per heavy atom. The number of rotatable bonds is 2. The monoisotopic (exact) mass is 160 g/mol. The minimum atomic E-state index is 0.746. The summed E-state index contributed by atoms with van der Waals surface area (Å²) in [6, 6.07) is 5.55. The second-order valence-electron chi connectivity index (χ2n) is 2.48. The number of aliphatic imine (C=N–C) groups is 1. The second kappa shape index (κ2) is 3.72. The third-order valence-corrected chi connectivity index (χ3v) is 1.57. The third-order valence-electron chi connectivity index (χ3n) is 1.57. The summed E-state index contributed by atoms with van der Waals surface area (Å²) in [5.74, 6) is 0. The van der Waals surface area contributed by atoms with E-state index in [1.54, 1.807) is 0 Å². The smallest absolute Gasteiger partial charge is 0.0696 e. The molecule has 0 saturated carbocycles. The van der Waals surface area contributed by atoms with E-state index >= 15 is 0 Å². The van der Waals surface area contributed by atoms with E-state index < -0.39 is 0 Å². The van der Waals surface area contributed by atoms with Crippen LogP contribution in [0, 0.1) is 0 Å². The fourth-order valence-electron chi connectivity index (χ4n) is 1.03. The molecule has 0 amide bonds. The largest absolute Gasteiger partial charge is 0.399 e. The number of benzene rings is 1. The van der Waals surface area contributed by atoms with Crippen molar-refractivity contribution in [1.82, 2.24) is 0 Å². The fraction of sp³-hybridized carbons (Fsp3) is 0.100. The highest BCUT2D eigenvalue weighted by molar-refractivity contribution is 5.69. The highest BCUT2D eigenvalue weighted by Gasteiger charge is 1.95. The van der Waals surface area contributed by atoms with Crippen LogP contribution in [0.15, 0.2) is 29.3 Å². The third kappa shape index (κ3) is 1.72. The Balaban J connectivity index is 3.20. The Labute approximate surface area is 72.4 Å². The maximum atomic E-state index is 5.62. The van der Waals surface area contributed by atoms with E-state index in [1.165, 1.54) is 0 Å². The van der Waals surface area contributed by atoms with Crippen molar-refractivity contribution in [2.24, 2.45) is 4.99 Å². The zero-order valence-corrected chi connectivity index (χ0v) is 7.12. The van der Waals surface area contributed by atoms with Crippen molar-refractivity contribution in [3.63, 3.8) is 0 Å². The SMILES string of the molecule is C=Nc1ccc(N)cc1/C=C\C. The molecule has 0 heterocycles. The topological polar surface area (TPSA) is 38.4 Å². The van der Waals surface area contributed by atoms with Crippen LogP contribution in [0.1, 0.15) is 12.5 Å². The average Bonchev–Trinajstić information content (AvgIpc) is 2.05. The maximum absolute atomic E-state index is 5.62. The predicted molar refractivity (Wildman–Crippen MR) is 54.8 cm³/mol. The maximum Gasteiger partial charge on any atom is 0.0696 e. The molecule has 0 aliphatic carbocycles. The molecule has 0 aromatic heterocycles. The van der Waals surface area contributed by atoms with Gasteiger partial charge in [-0.2, -0.15) is 0 Å². The van der Waals surface area contributed by atoms with E-state index in [9.17, 15) is 0 Å². The zero-order chi connectivity index (χ0) is 8.97. The van der Waals surface area contributed by atoms with Crippen molar-refractivity contribution in [2.75, 3.05) is 5.73 Å². The van der Waals surface area contributed by atoms with Crippen LogP contribution in [0.5, 0.6) is 0 Å². The number of hydrogen-bond acceptors (Lipinski definition) is 2. The Morgan fingerprint density at radius 2 is 2.25 bits per heavy atom. The van der Waals surface area contributed by atoms with Crippen molar-refractivity contribution in [3.05, 3.63) is 29.8 Å². The van der Waals surface area contributed by atoms with E-state index in [0.717, 1.165) is 16.9 Å². The lowest BCUT2D eigenvalue weighted by Crippen LogP contribution is -1.84. The molecule has 1 aromatic rings. The quantitative estimate of drug-likeness (QED) is 0.524. The number of hydrogen-bond donors (Lipinski definition) is 1. The van der Waals surface area contributed by atoms with Gasteiger partial charge in [0.2, 0.25) is 0 Å². The van der Waals surface area contributed by atoms with Crippen LogP contribution in [0.25, 0.3) is 6.08 Å². The van der Waals surface area contributed by atoms with Gasteiger partial charge in [-0.05, 0) is 31.8 Å². The normalized spacial score (nSPS) is 10.4. The second-order valence-corrected chi connectivity index (χ2v) is 2.48. The van der Waals surface area contributed by atoms with Gasteiger partial charge in [0.1, 0.15) is 0 Å². The molecule has 2 nitrogen and oxygen atoms in total. The highest BCUT2D eigenvalue weighted by Crippen LogP contribution is 2.22. The minimum absolute atomic E-state index is 0.746. The molecule has 0 bridgehead atoms. The van der Waals surface area contributed by atoms with Crippen LogP contribution in [0.2, 0.25) is 0 Å². The van der Waals surface area contributed by atoms with Crippen LogP contribution >= 0.6 is 0 Å². The molecule has 1 rings (SSSR count). The Kier molecular flexibility index (Phi) is 2.64. The Hall–Kier alpha value is -1.57. The van der Waals surface area contributed by atoms with Gasteiger partial charge in [0.15, 0.2) is 0 Å². The minimum Gasteiger partial charge on any atom is -0.399 e. The molecule has 12 heavy (non-hydrogen) atoms. The molecule has 0 aliphatic heterocycles. The standard InChI is InChI=1S/C10H12N2/c1-3-4-8-7-9(11)5-6-10(8)12-2/h3-7H,2,11H2,1H3/b4-3-. The first kappa shape index (κ1) is 8.53. The fourth-order valence-corrected chi connectivity index (χ4v) is 1.03. The van der Waals surface area contributed by atoms with E-state index in [0.29, 0.717) is 0 Å². The lowest BCUT2D eigenvalue weighted by atomic mass is 10.1. The first-order valence-electron chi connectivity index (χ1n) is 3.77. The number of nitrogens with zero attached hydrogens (tertiary/aromatic N) is 1. The van der Waals surface area contributed by atoms with Crippen molar-refractivity contribution in [3.8, 4) is 0 Å². The van der Waals surface area contributed by atoms with Crippen molar-refractivity contribution >= 4 is 24.2 Å². The van der Waals surface area contributed by atoms with Gasteiger partial charge in [-0.25, -0.2) is 0 Å². The summed E-state index contributed by atoms with van der Waals surface area (Å²) in [7, 11) is 0. The van der Waals surface area contributed by atoms with Crippen LogP contribution in [-0.2, 0) is 0 Å². The molecule has 62 valence electrons. The molecule has 0 atom stereocenters. The van der Waals surface area contributed by atoms with E-state index in [4.69, 9.17) is 5.73 Å². The number of nitrogen functional groups attached to an aromatic ring is 1. The van der Waals surface area contributed by atoms with Crippen LogP contribution in [0.3, 0.4) is 0 Å². The Bertz CT molecular complexity index is 314. The zero-order valence-electron chi connectivity index (χ0n) is 7.12. The van der Waals surface area contributed by atoms with Crippen molar-refractivity contribution in [1.29, 1.82) is 0 Å². The molecule has 0 saturated heterocycles. The summed E-state index contributed by atoms with van der Waals surface area (Å²) in [5, 5.41) is 0. The lowest BCUT2D eigenvalue weighted by molar-refractivity contribution is 1.52. The molecule has 1 aromatic carbocycles. The van der Waals surface area contributed by atoms with Gasteiger partial charge in [0, 0.05) is 11.3 Å². The molecule has 0 unspecified atom stereocenters. The molecule has 0 spiro atoms. The van der Waals surface area contributed by atoms with Crippen LogP contribution in [0.4, 0.5) is 11.4 Å². The number of nitrogens with two attached hydrogens (primary N) is 1. The molecule has 2 heteroatoms. The highest BCUT2D eigenvalue weighted by atomic mass is 14.7. The number of anilines is 1. The summed E-state index contributed by atoms with van der Waals surface area (Å²) >= 11 is 0. The predicted octanol–water partition coefficient (Wildman–Crippen LogP) is 2.63. The van der Waals surface area contributed by atoms with Crippen molar-refractivity contribution < 1.29 is 0 Å². The molecule has 0 radical (unpaired) electrons. The van der Waals surface area contributed by atoms with Crippen molar-refractivity contribution in [2.45, 2.75) is 6.92 Å². The number of allylic oxidation sites excluding steroid dienone is 1. The van der Waals surface area contributed by atoms with Gasteiger partial charge in [-0.1, -0.05) is 12.2 Å².